The Bertz CT molecular complexity index is 435. The summed E-state index contributed by atoms with van der Waals surface area (Å²) in [7, 11) is 0. The highest BCUT2D eigenvalue weighted by Crippen LogP contribution is 2.54. The highest BCUT2D eigenvalue weighted by Gasteiger charge is 2.55. The van der Waals surface area contributed by atoms with Crippen LogP contribution in [0.15, 0.2) is 23.3 Å². The van der Waals surface area contributed by atoms with Crippen LogP contribution in [-0.4, -0.2) is 28.7 Å². The average Bonchev–Trinajstić information content (AvgIpc) is 2.62. The molecule has 0 bridgehead atoms. The van der Waals surface area contributed by atoms with E-state index in [1.54, 1.807) is 6.08 Å². The number of carbonyl (C=O) groups excluding carboxylic acids is 1. The van der Waals surface area contributed by atoms with Gasteiger partial charge in [-0.3, -0.25) is 4.79 Å². The third-order valence-electron chi connectivity index (χ3n) is 5.06. The molecule has 0 aromatic heterocycles. The number of aliphatic hydroxyl groups is 2. The number of carbonyl (C=O) groups is 1. The van der Waals surface area contributed by atoms with E-state index in [0.29, 0.717) is 6.42 Å². The van der Waals surface area contributed by atoms with E-state index in [9.17, 15) is 15.0 Å². The summed E-state index contributed by atoms with van der Waals surface area (Å²) >= 11 is 0. The molecule has 0 radical (unpaired) electrons. The average molecular weight is 250 g/mol. The fourth-order valence-electron chi connectivity index (χ4n) is 3.27. The summed E-state index contributed by atoms with van der Waals surface area (Å²) in [6.07, 6.45) is 5.13. The Morgan fingerprint density at radius 1 is 1.44 bits per heavy atom. The van der Waals surface area contributed by atoms with Gasteiger partial charge in [-0.2, -0.15) is 0 Å². The standard InChI is InChI=1S/C15H22O3/c1-10-4-5-14(2,12(17)6-10)15(3)8-11(9-16)7-13(15)18/h6-7,12,16-17H,4-5,8-9H2,1-3H3. The van der Waals surface area contributed by atoms with Crippen LogP contribution in [0, 0.1) is 10.8 Å². The van der Waals surface area contributed by atoms with Crippen molar-refractivity contribution in [3.05, 3.63) is 23.3 Å². The van der Waals surface area contributed by atoms with Gasteiger partial charge in [0.2, 0.25) is 0 Å². The number of aliphatic hydroxyl groups excluding tert-OH is 2. The lowest BCUT2D eigenvalue weighted by Crippen LogP contribution is -2.49. The summed E-state index contributed by atoms with van der Waals surface area (Å²) < 4.78 is 0. The lowest BCUT2D eigenvalue weighted by Gasteiger charge is -2.48. The maximum Gasteiger partial charge on any atom is 0.162 e. The molecule has 18 heavy (non-hydrogen) atoms. The first-order valence-corrected chi connectivity index (χ1v) is 6.53. The van der Waals surface area contributed by atoms with Crippen molar-refractivity contribution in [2.75, 3.05) is 6.61 Å². The monoisotopic (exact) mass is 250 g/mol. The van der Waals surface area contributed by atoms with Crippen molar-refractivity contribution in [1.82, 2.24) is 0 Å². The van der Waals surface area contributed by atoms with Crippen molar-refractivity contribution < 1.29 is 15.0 Å². The molecule has 100 valence electrons. The second-order valence-corrected chi connectivity index (χ2v) is 6.21. The van der Waals surface area contributed by atoms with Gasteiger partial charge >= 0.3 is 0 Å². The maximum atomic E-state index is 12.3. The number of hydrogen-bond acceptors (Lipinski definition) is 3. The van der Waals surface area contributed by atoms with Crippen LogP contribution in [-0.2, 0) is 4.79 Å². The molecule has 0 spiro atoms. The minimum absolute atomic E-state index is 0.0426. The van der Waals surface area contributed by atoms with Crippen LogP contribution in [0.25, 0.3) is 0 Å². The molecule has 0 aromatic rings. The zero-order valence-corrected chi connectivity index (χ0v) is 11.4. The lowest BCUT2D eigenvalue weighted by molar-refractivity contribution is -0.135. The van der Waals surface area contributed by atoms with Gasteiger partial charge in [0.25, 0.3) is 0 Å². The van der Waals surface area contributed by atoms with Crippen molar-refractivity contribution >= 4 is 5.78 Å². The zero-order chi connectivity index (χ0) is 13.6. The minimum atomic E-state index is -0.596. The first kappa shape index (κ1) is 13.5. The van der Waals surface area contributed by atoms with Crippen LogP contribution in [0.5, 0.6) is 0 Å². The van der Waals surface area contributed by atoms with E-state index >= 15 is 0 Å². The van der Waals surface area contributed by atoms with Gasteiger partial charge in [-0.05, 0) is 37.8 Å². The van der Waals surface area contributed by atoms with Gasteiger partial charge in [0.05, 0.1) is 12.7 Å². The van der Waals surface area contributed by atoms with E-state index in [-0.39, 0.29) is 12.4 Å². The van der Waals surface area contributed by atoms with E-state index in [2.05, 4.69) is 0 Å². The summed E-state index contributed by atoms with van der Waals surface area (Å²) in [6, 6.07) is 0. The van der Waals surface area contributed by atoms with E-state index in [4.69, 9.17) is 0 Å². The highest BCUT2D eigenvalue weighted by atomic mass is 16.3. The maximum absolute atomic E-state index is 12.3. The summed E-state index contributed by atoms with van der Waals surface area (Å²) in [5.74, 6) is 0.0426. The molecule has 2 aliphatic carbocycles. The lowest BCUT2D eigenvalue weighted by atomic mass is 9.56. The van der Waals surface area contributed by atoms with Gasteiger partial charge in [0.15, 0.2) is 5.78 Å². The first-order valence-electron chi connectivity index (χ1n) is 6.53. The predicted molar refractivity (Wildman–Crippen MR) is 70.0 cm³/mol. The molecule has 3 unspecified atom stereocenters. The first-order chi connectivity index (χ1) is 8.33. The molecule has 2 aliphatic rings. The molecule has 3 heteroatoms. The van der Waals surface area contributed by atoms with Crippen LogP contribution in [0.2, 0.25) is 0 Å². The molecule has 0 fully saturated rings. The Hall–Kier alpha value is -0.930. The second-order valence-electron chi connectivity index (χ2n) is 6.21. The van der Waals surface area contributed by atoms with Gasteiger partial charge in [-0.15, -0.1) is 0 Å². The smallest absolute Gasteiger partial charge is 0.162 e. The van der Waals surface area contributed by atoms with E-state index in [1.165, 1.54) is 5.57 Å². The molecule has 2 N–H and O–H groups in total. The number of hydrogen-bond donors (Lipinski definition) is 2. The normalized spacial score (nSPS) is 40.7. The summed E-state index contributed by atoms with van der Waals surface area (Å²) in [6.45, 7) is 5.86. The third-order valence-corrected chi connectivity index (χ3v) is 5.06. The van der Waals surface area contributed by atoms with Gasteiger partial charge in [0.1, 0.15) is 0 Å². The second kappa shape index (κ2) is 4.32. The van der Waals surface area contributed by atoms with Crippen LogP contribution in [0.3, 0.4) is 0 Å². The van der Waals surface area contributed by atoms with Crippen molar-refractivity contribution in [2.24, 2.45) is 10.8 Å². The Balaban J connectivity index is 2.34. The molecule has 0 aromatic carbocycles. The fourth-order valence-corrected chi connectivity index (χ4v) is 3.27. The van der Waals surface area contributed by atoms with Crippen LogP contribution in [0.4, 0.5) is 0 Å². The largest absolute Gasteiger partial charge is 0.392 e. The molecule has 2 rings (SSSR count). The Labute approximate surface area is 108 Å². The molecule has 3 nitrogen and oxygen atoms in total. The molecule has 0 heterocycles. The van der Waals surface area contributed by atoms with Crippen LogP contribution >= 0.6 is 0 Å². The molecular formula is C15H22O3. The van der Waals surface area contributed by atoms with Gasteiger partial charge in [-0.1, -0.05) is 25.5 Å². The van der Waals surface area contributed by atoms with Crippen molar-refractivity contribution in [1.29, 1.82) is 0 Å². The van der Waals surface area contributed by atoms with E-state index < -0.39 is 16.9 Å². The van der Waals surface area contributed by atoms with E-state index in [0.717, 1.165) is 18.4 Å². The Morgan fingerprint density at radius 3 is 2.61 bits per heavy atom. The van der Waals surface area contributed by atoms with Gasteiger partial charge in [-0.25, -0.2) is 0 Å². The molecule has 0 saturated heterocycles. The topological polar surface area (TPSA) is 57.5 Å². The molecule has 3 atom stereocenters. The Kier molecular flexibility index (Phi) is 3.24. The fraction of sp³-hybridized carbons (Fsp3) is 0.667. The number of ketones is 1. The predicted octanol–water partition coefficient (Wildman–Crippen LogP) is 1.99. The summed E-state index contributed by atoms with van der Waals surface area (Å²) in [5, 5.41) is 19.6. The minimum Gasteiger partial charge on any atom is -0.392 e. The molecule has 0 saturated carbocycles. The van der Waals surface area contributed by atoms with Crippen LogP contribution in [0.1, 0.15) is 40.0 Å². The Morgan fingerprint density at radius 2 is 2.11 bits per heavy atom. The number of allylic oxidation sites excluding steroid dienone is 2. The van der Waals surface area contributed by atoms with Crippen molar-refractivity contribution in [3.63, 3.8) is 0 Å². The zero-order valence-electron chi connectivity index (χ0n) is 11.4. The van der Waals surface area contributed by atoms with Gasteiger partial charge in [0, 0.05) is 10.8 Å². The van der Waals surface area contributed by atoms with Gasteiger partial charge < -0.3 is 10.2 Å². The third kappa shape index (κ3) is 1.77. The van der Waals surface area contributed by atoms with Crippen molar-refractivity contribution in [2.45, 2.75) is 46.1 Å². The summed E-state index contributed by atoms with van der Waals surface area (Å²) in [5.41, 5.74) is 0.921. The summed E-state index contributed by atoms with van der Waals surface area (Å²) in [4.78, 5) is 12.3. The van der Waals surface area contributed by atoms with Crippen molar-refractivity contribution in [3.8, 4) is 0 Å². The molecule has 0 amide bonds. The molecular weight excluding hydrogens is 228 g/mol. The highest BCUT2D eigenvalue weighted by molar-refractivity contribution is 5.98. The van der Waals surface area contributed by atoms with E-state index in [1.807, 2.05) is 26.8 Å². The molecule has 0 aliphatic heterocycles. The van der Waals surface area contributed by atoms with Crippen LogP contribution < -0.4 is 0 Å². The SMILES string of the molecule is CC1=CC(O)C(C)(C2(C)CC(CO)=CC2=O)CC1. The quantitative estimate of drug-likeness (QED) is 0.737. The number of rotatable bonds is 2.